The van der Waals surface area contributed by atoms with E-state index in [1.165, 1.54) is 23.1 Å². The number of para-hydroxylation sites is 2. The highest BCUT2D eigenvalue weighted by Gasteiger charge is 2.33. The van der Waals surface area contributed by atoms with E-state index in [-0.39, 0.29) is 16.4 Å². The monoisotopic (exact) mass is 357 g/mol. The van der Waals surface area contributed by atoms with E-state index in [0.717, 1.165) is 17.8 Å². The summed E-state index contributed by atoms with van der Waals surface area (Å²) < 4.78 is 0.343. The summed E-state index contributed by atoms with van der Waals surface area (Å²) in [6, 6.07) is 12.9. The number of rotatable bonds is 3. The van der Waals surface area contributed by atoms with Crippen LogP contribution in [0.15, 0.2) is 53.4 Å². The summed E-state index contributed by atoms with van der Waals surface area (Å²) in [5.74, 6) is -1.09. The Morgan fingerprint density at radius 2 is 1.83 bits per heavy atom. The SMILES string of the molecule is O=C1/C(=C/c2cccc([N+](=O)[O-])c2[O-])SC(=S)N1c1ccccc1. The molecule has 8 heteroatoms. The van der Waals surface area contributed by atoms with Crippen molar-refractivity contribution in [1.82, 2.24) is 0 Å². The summed E-state index contributed by atoms with van der Waals surface area (Å²) in [5.41, 5.74) is 0.185. The number of benzene rings is 2. The first-order valence-corrected chi connectivity index (χ1v) is 7.99. The van der Waals surface area contributed by atoms with E-state index < -0.39 is 16.4 Å². The number of carbonyl (C=O) groups excluding carboxylic acids is 1. The Kier molecular flexibility index (Phi) is 4.32. The fourth-order valence-corrected chi connectivity index (χ4v) is 3.50. The molecule has 1 aliphatic rings. The van der Waals surface area contributed by atoms with Crippen molar-refractivity contribution in [3.63, 3.8) is 0 Å². The maximum absolute atomic E-state index is 12.6. The predicted molar refractivity (Wildman–Crippen MR) is 94.6 cm³/mol. The fraction of sp³-hybridized carbons (Fsp3) is 0. The molecule has 0 radical (unpaired) electrons. The Bertz CT molecular complexity index is 881. The highest BCUT2D eigenvalue weighted by atomic mass is 32.2. The van der Waals surface area contributed by atoms with Gasteiger partial charge in [0.15, 0.2) is 4.32 Å². The second-order valence-corrected chi connectivity index (χ2v) is 6.48. The minimum atomic E-state index is -0.741. The maximum atomic E-state index is 12.6. The molecule has 120 valence electrons. The summed E-state index contributed by atoms with van der Waals surface area (Å²) in [6.07, 6.45) is 1.34. The zero-order valence-electron chi connectivity index (χ0n) is 12.0. The zero-order valence-corrected chi connectivity index (χ0v) is 13.7. The van der Waals surface area contributed by atoms with Gasteiger partial charge < -0.3 is 5.11 Å². The molecule has 2 aromatic carbocycles. The van der Waals surface area contributed by atoms with Gasteiger partial charge in [0.1, 0.15) is 0 Å². The molecule has 2 aromatic rings. The van der Waals surface area contributed by atoms with Crippen LogP contribution in [0.1, 0.15) is 5.56 Å². The summed E-state index contributed by atoms with van der Waals surface area (Å²) in [7, 11) is 0. The lowest BCUT2D eigenvalue weighted by Gasteiger charge is -2.14. The molecular weight excluding hydrogens is 348 g/mol. The van der Waals surface area contributed by atoms with Crippen molar-refractivity contribution in [2.75, 3.05) is 4.90 Å². The van der Waals surface area contributed by atoms with Crippen LogP contribution in [0.4, 0.5) is 11.4 Å². The van der Waals surface area contributed by atoms with Crippen molar-refractivity contribution in [2.24, 2.45) is 0 Å². The number of thiocarbonyl (C=S) groups is 1. The Morgan fingerprint density at radius 3 is 2.50 bits per heavy atom. The lowest BCUT2D eigenvalue weighted by Crippen LogP contribution is -2.27. The second-order valence-electron chi connectivity index (χ2n) is 4.81. The molecule has 1 saturated heterocycles. The van der Waals surface area contributed by atoms with Gasteiger partial charge in [-0.15, -0.1) is 0 Å². The van der Waals surface area contributed by atoms with Gasteiger partial charge in [0, 0.05) is 6.07 Å². The van der Waals surface area contributed by atoms with Crippen LogP contribution in [0.25, 0.3) is 6.08 Å². The van der Waals surface area contributed by atoms with Crippen molar-refractivity contribution in [2.45, 2.75) is 0 Å². The van der Waals surface area contributed by atoms with Gasteiger partial charge in [-0.1, -0.05) is 54.3 Å². The van der Waals surface area contributed by atoms with Gasteiger partial charge in [-0.2, -0.15) is 0 Å². The van der Waals surface area contributed by atoms with E-state index in [1.807, 2.05) is 6.07 Å². The molecule has 0 atom stereocenters. The lowest BCUT2D eigenvalue weighted by molar-refractivity contribution is -0.398. The van der Waals surface area contributed by atoms with E-state index in [0.29, 0.717) is 10.0 Å². The number of thioether (sulfide) groups is 1. The van der Waals surface area contributed by atoms with Crippen LogP contribution in [-0.2, 0) is 4.79 Å². The number of carbonyl (C=O) groups is 1. The third-order valence-corrected chi connectivity index (χ3v) is 4.62. The van der Waals surface area contributed by atoms with Crippen molar-refractivity contribution in [3.05, 3.63) is 69.1 Å². The van der Waals surface area contributed by atoms with Crippen LogP contribution in [0.3, 0.4) is 0 Å². The Labute approximate surface area is 146 Å². The van der Waals surface area contributed by atoms with E-state index in [2.05, 4.69) is 0 Å². The summed E-state index contributed by atoms with van der Waals surface area (Å²) in [5, 5.41) is 22.9. The van der Waals surface area contributed by atoms with Gasteiger partial charge >= 0.3 is 0 Å². The predicted octanol–water partition coefficient (Wildman–Crippen LogP) is 3.07. The maximum Gasteiger partial charge on any atom is 0.270 e. The smallest absolute Gasteiger partial charge is 0.270 e. The summed E-state index contributed by atoms with van der Waals surface area (Å²) in [4.78, 5) is 24.3. The standard InChI is InChI=1S/C16H10N2O4S2/c19-14-10(5-4-8-12(14)18(21)22)9-13-15(20)17(16(23)24-13)11-6-2-1-3-7-11/h1-9,19H/p-1/b13-9-. The topological polar surface area (TPSA) is 86.5 Å². The van der Waals surface area contributed by atoms with Gasteiger partial charge in [0.25, 0.3) is 11.6 Å². The van der Waals surface area contributed by atoms with Crippen molar-refractivity contribution < 1.29 is 14.8 Å². The number of hydrogen-bond acceptors (Lipinski definition) is 6. The van der Waals surface area contributed by atoms with Crippen LogP contribution in [0, 0.1) is 10.1 Å². The third kappa shape index (κ3) is 2.89. The number of hydrogen-bond donors (Lipinski definition) is 0. The van der Waals surface area contributed by atoms with Crippen molar-refractivity contribution >= 4 is 51.7 Å². The number of amides is 1. The molecule has 1 heterocycles. The fourth-order valence-electron chi connectivity index (χ4n) is 2.21. The molecule has 3 rings (SSSR count). The number of nitro benzene ring substituents is 1. The molecule has 1 fully saturated rings. The van der Waals surface area contributed by atoms with Gasteiger partial charge in [0.2, 0.25) is 0 Å². The molecule has 0 aliphatic carbocycles. The van der Waals surface area contributed by atoms with Crippen LogP contribution in [-0.4, -0.2) is 15.2 Å². The normalized spacial score (nSPS) is 16.0. The minimum Gasteiger partial charge on any atom is -0.867 e. The van der Waals surface area contributed by atoms with Crippen LogP contribution < -0.4 is 10.0 Å². The molecule has 0 bridgehead atoms. The number of nitro groups is 1. The molecule has 24 heavy (non-hydrogen) atoms. The number of anilines is 1. The van der Waals surface area contributed by atoms with E-state index >= 15 is 0 Å². The first-order valence-electron chi connectivity index (χ1n) is 6.76. The molecule has 0 saturated carbocycles. The average Bonchev–Trinajstić information content (AvgIpc) is 2.84. The molecule has 0 N–H and O–H groups in total. The Hall–Kier alpha value is -2.71. The molecule has 1 amide bonds. The third-order valence-electron chi connectivity index (χ3n) is 3.32. The van der Waals surface area contributed by atoms with Crippen molar-refractivity contribution in [3.8, 4) is 5.75 Å². The summed E-state index contributed by atoms with van der Waals surface area (Å²) >= 11 is 6.29. The van der Waals surface area contributed by atoms with Crippen LogP contribution in [0.2, 0.25) is 0 Å². The minimum absolute atomic E-state index is 0.0813. The molecule has 0 aromatic heterocycles. The van der Waals surface area contributed by atoms with Gasteiger partial charge in [-0.25, -0.2) is 0 Å². The van der Waals surface area contributed by atoms with Gasteiger partial charge in [-0.05, 0) is 29.5 Å². The van der Waals surface area contributed by atoms with Crippen LogP contribution in [0.5, 0.6) is 5.75 Å². The second kappa shape index (κ2) is 6.42. The zero-order chi connectivity index (χ0) is 17.3. The van der Waals surface area contributed by atoms with Crippen LogP contribution >= 0.6 is 24.0 Å². The largest absolute Gasteiger partial charge is 0.867 e. The molecular formula is C16H9N2O4S2-. The molecule has 6 nitrogen and oxygen atoms in total. The lowest BCUT2D eigenvalue weighted by atomic mass is 10.1. The molecule has 0 spiro atoms. The van der Waals surface area contributed by atoms with E-state index in [4.69, 9.17) is 12.2 Å². The molecule has 1 aliphatic heterocycles. The quantitative estimate of drug-likeness (QED) is 0.363. The Balaban J connectivity index is 1.99. The first-order chi connectivity index (χ1) is 11.5. The summed E-state index contributed by atoms with van der Waals surface area (Å²) in [6.45, 7) is 0. The average molecular weight is 357 g/mol. The highest BCUT2D eigenvalue weighted by Crippen LogP contribution is 2.37. The highest BCUT2D eigenvalue weighted by molar-refractivity contribution is 8.27. The van der Waals surface area contributed by atoms with Crippen molar-refractivity contribution in [1.29, 1.82) is 0 Å². The first kappa shape index (κ1) is 16.2. The Morgan fingerprint density at radius 1 is 1.12 bits per heavy atom. The number of nitrogens with zero attached hydrogens (tertiary/aromatic N) is 2. The molecule has 0 unspecified atom stereocenters. The van der Waals surface area contributed by atoms with E-state index in [1.54, 1.807) is 24.3 Å². The van der Waals surface area contributed by atoms with Gasteiger partial charge in [0.05, 0.1) is 15.5 Å². The van der Waals surface area contributed by atoms with Gasteiger partial charge in [-0.3, -0.25) is 19.8 Å². The van der Waals surface area contributed by atoms with E-state index in [9.17, 15) is 20.0 Å².